The Balaban J connectivity index is 1.47. The van der Waals surface area contributed by atoms with Gasteiger partial charge in [-0.25, -0.2) is 4.98 Å². The molecule has 0 unspecified atom stereocenters. The molecule has 1 amide bonds. The van der Waals surface area contributed by atoms with E-state index in [2.05, 4.69) is 30.6 Å². The van der Waals surface area contributed by atoms with Gasteiger partial charge in [0.2, 0.25) is 0 Å². The van der Waals surface area contributed by atoms with Crippen LogP contribution in [0.5, 0.6) is 0 Å². The third kappa shape index (κ3) is 4.68. The topological polar surface area (TPSA) is 111 Å². The van der Waals surface area contributed by atoms with Crippen LogP contribution in [0.25, 0.3) is 22.0 Å². The van der Waals surface area contributed by atoms with Crippen LogP contribution >= 0.6 is 11.3 Å². The lowest BCUT2D eigenvalue weighted by Gasteiger charge is -2.34. The highest BCUT2D eigenvalue weighted by Gasteiger charge is 2.37. The predicted molar refractivity (Wildman–Crippen MR) is 122 cm³/mol. The zero-order valence-electron chi connectivity index (χ0n) is 18.4. The summed E-state index contributed by atoms with van der Waals surface area (Å²) in [4.78, 5) is 21.2. The Morgan fingerprint density at radius 2 is 2.17 bits per heavy atom. The maximum Gasteiger partial charge on any atom is 0.418 e. The summed E-state index contributed by atoms with van der Waals surface area (Å²) in [6.07, 6.45) is 2.83. The number of thiazole rings is 1. The Hall–Kier alpha value is -3.58. The minimum absolute atomic E-state index is 0.0547. The van der Waals surface area contributed by atoms with Crippen molar-refractivity contribution >= 4 is 22.9 Å². The molecule has 1 fully saturated rings. The lowest BCUT2D eigenvalue weighted by Crippen LogP contribution is -2.33. The summed E-state index contributed by atoms with van der Waals surface area (Å²) in [5, 5.41) is 15.8. The number of amides is 1. The summed E-state index contributed by atoms with van der Waals surface area (Å²) in [5.41, 5.74) is -0.375. The van der Waals surface area contributed by atoms with Crippen LogP contribution < -0.4 is 5.32 Å². The second-order valence-corrected chi connectivity index (χ2v) is 8.81. The molecule has 0 aliphatic heterocycles. The molecule has 1 saturated carbocycles. The van der Waals surface area contributed by atoms with E-state index in [1.54, 1.807) is 22.5 Å². The summed E-state index contributed by atoms with van der Waals surface area (Å²) < 4.78 is 48.3. The van der Waals surface area contributed by atoms with Crippen LogP contribution in [-0.4, -0.2) is 48.6 Å². The van der Waals surface area contributed by atoms with Gasteiger partial charge in [0.25, 0.3) is 5.91 Å². The second kappa shape index (κ2) is 9.23. The van der Waals surface area contributed by atoms with Crippen LogP contribution in [-0.2, 0) is 10.9 Å². The molecule has 35 heavy (non-hydrogen) atoms. The SMILES string of the molecule is CCOC1CC(n2cc(NC(=O)c3csc(-c4cn[nH]c4)n3)c(-c3ncccc3C(F)(F)F)n2)C1. The highest BCUT2D eigenvalue weighted by atomic mass is 32.1. The molecule has 4 aromatic rings. The van der Waals surface area contributed by atoms with E-state index in [0.717, 1.165) is 11.6 Å². The molecule has 4 aromatic heterocycles. The number of halogens is 3. The number of pyridine rings is 1. The molecular formula is C22H20F3N7O2S. The fourth-order valence-corrected chi connectivity index (χ4v) is 4.64. The lowest BCUT2D eigenvalue weighted by molar-refractivity contribution is -0.137. The smallest absolute Gasteiger partial charge is 0.378 e. The van der Waals surface area contributed by atoms with Crippen molar-refractivity contribution in [2.45, 2.75) is 38.1 Å². The molecule has 9 nitrogen and oxygen atoms in total. The number of H-pyrrole nitrogens is 1. The van der Waals surface area contributed by atoms with Gasteiger partial charge in [-0.1, -0.05) is 0 Å². The van der Waals surface area contributed by atoms with E-state index in [0.29, 0.717) is 24.5 Å². The Morgan fingerprint density at radius 3 is 2.89 bits per heavy atom. The number of rotatable bonds is 7. The van der Waals surface area contributed by atoms with E-state index in [4.69, 9.17) is 4.74 Å². The number of ether oxygens (including phenoxy) is 1. The molecule has 5 rings (SSSR count). The van der Waals surface area contributed by atoms with Crippen LogP contribution in [0.4, 0.5) is 18.9 Å². The van der Waals surface area contributed by atoms with Crippen LogP contribution in [0, 0.1) is 0 Å². The van der Waals surface area contributed by atoms with Crippen molar-refractivity contribution in [1.82, 2.24) is 29.9 Å². The molecule has 13 heteroatoms. The van der Waals surface area contributed by atoms with Gasteiger partial charge in [0.15, 0.2) is 0 Å². The van der Waals surface area contributed by atoms with E-state index in [-0.39, 0.29) is 34.9 Å². The standard InChI is InChI=1S/C22H20F3N7O2S/c1-2-34-14-6-13(7-14)32-10-16(19(31-32)18-15(22(23,24)25)4-3-5-26-18)29-20(33)17-11-35-21(30-17)12-8-27-28-9-12/h3-5,8-11,13-14H,2,6-7H2,1H3,(H,27,28)(H,29,33). The Kier molecular flexibility index (Phi) is 6.11. The molecule has 1 aliphatic rings. The molecule has 0 aromatic carbocycles. The number of alkyl halides is 3. The minimum Gasteiger partial charge on any atom is -0.378 e. The molecule has 2 N–H and O–H groups in total. The summed E-state index contributed by atoms with van der Waals surface area (Å²) >= 11 is 1.25. The minimum atomic E-state index is -4.64. The van der Waals surface area contributed by atoms with E-state index in [1.807, 2.05) is 6.92 Å². The Labute approximate surface area is 201 Å². The summed E-state index contributed by atoms with van der Waals surface area (Å²) in [5.74, 6) is -0.568. The number of anilines is 1. The zero-order chi connectivity index (χ0) is 24.6. The second-order valence-electron chi connectivity index (χ2n) is 7.95. The summed E-state index contributed by atoms with van der Waals surface area (Å²) in [6.45, 7) is 2.49. The van der Waals surface area contributed by atoms with Crippen LogP contribution in [0.15, 0.2) is 42.3 Å². The van der Waals surface area contributed by atoms with E-state index < -0.39 is 17.6 Å². The third-order valence-corrected chi connectivity index (χ3v) is 6.54. The number of nitrogens with zero attached hydrogens (tertiary/aromatic N) is 5. The highest BCUT2D eigenvalue weighted by molar-refractivity contribution is 7.13. The average Bonchev–Trinajstić information content (AvgIpc) is 3.56. The van der Waals surface area contributed by atoms with Crippen molar-refractivity contribution in [3.05, 3.63) is 53.6 Å². The van der Waals surface area contributed by atoms with Gasteiger partial charge in [-0.05, 0) is 31.9 Å². The number of carbonyl (C=O) groups is 1. The van der Waals surface area contributed by atoms with Gasteiger partial charge in [-0.15, -0.1) is 11.3 Å². The quantitative estimate of drug-likeness (QED) is 0.375. The number of nitrogens with one attached hydrogen (secondary N) is 2. The van der Waals surface area contributed by atoms with Gasteiger partial charge < -0.3 is 10.1 Å². The van der Waals surface area contributed by atoms with Crippen molar-refractivity contribution in [3.63, 3.8) is 0 Å². The lowest BCUT2D eigenvalue weighted by atomic mass is 9.89. The van der Waals surface area contributed by atoms with E-state index in [9.17, 15) is 18.0 Å². The molecule has 182 valence electrons. The monoisotopic (exact) mass is 503 g/mol. The van der Waals surface area contributed by atoms with Gasteiger partial charge in [0, 0.05) is 36.1 Å². The number of hydrogen-bond donors (Lipinski definition) is 2. The van der Waals surface area contributed by atoms with Gasteiger partial charge in [0.05, 0.1) is 29.6 Å². The molecule has 0 saturated heterocycles. The van der Waals surface area contributed by atoms with Gasteiger partial charge in [-0.3, -0.25) is 19.6 Å². The van der Waals surface area contributed by atoms with Gasteiger partial charge in [-0.2, -0.15) is 23.4 Å². The predicted octanol–water partition coefficient (Wildman–Crippen LogP) is 4.80. The van der Waals surface area contributed by atoms with E-state index >= 15 is 0 Å². The Bertz CT molecular complexity index is 1330. The van der Waals surface area contributed by atoms with Crippen molar-refractivity contribution < 1.29 is 22.7 Å². The maximum absolute atomic E-state index is 13.7. The molecule has 4 heterocycles. The number of aromatic amines is 1. The van der Waals surface area contributed by atoms with Crippen LogP contribution in [0.2, 0.25) is 0 Å². The summed E-state index contributed by atoms with van der Waals surface area (Å²) in [6, 6.07) is 2.10. The first-order valence-electron chi connectivity index (χ1n) is 10.8. The van der Waals surface area contributed by atoms with Gasteiger partial charge in [0.1, 0.15) is 22.1 Å². The largest absolute Gasteiger partial charge is 0.418 e. The molecule has 0 radical (unpaired) electrons. The molecule has 0 spiro atoms. The van der Waals surface area contributed by atoms with E-state index in [1.165, 1.54) is 29.8 Å². The number of aromatic nitrogens is 6. The maximum atomic E-state index is 13.7. The Morgan fingerprint density at radius 1 is 1.34 bits per heavy atom. The first-order chi connectivity index (χ1) is 16.8. The molecule has 1 aliphatic carbocycles. The average molecular weight is 504 g/mol. The fraction of sp³-hybridized carbons (Fsp3) is 0.318. The number of carbonyl (C=O) groups excluding carboxylic acids is 1. The zero-order valence-corrected chi connectivity index (χ0v) is 19.2. The number of hydrogen-bond acceptors (Lipinski definition) is 7. The molecular weight excluding hydrogens is 483 g/mol. The van der Waals surface area contributed by atoms with Crippen LogP contribution in [0.3, 0.4) is 0 Å². The molecule has 0 bridgehead atoms. The first-order valence-corrected chi connectivity index (χ1v) is 11.7. The summed E-state index contributed by atoms with van der Waals surface area (Å²) in [7, 11) is 0. The molecule has 0 atom stereocenters. The van der Waals surface area contributed by atoms with Crippen molar-refractivity contribution in [3.8, 4) is 22.0 Å². The third-order valence-electron chi connectivity index (χ3n) is 5.65. The van der Waals surface area contributed by atoms with Crippen LogP contribution in [0.1, 0.15) is 41.9 Å². The first kappa shape index (κ1) is 23.2. The van der Waals surface area contributed by atoms with Gasteiger partial charge >= 0.3 is 6.18 Å². The highest BCUT2D eigenvalue weighted by Crippen LogP contribution is 2.40. The van der Waals surface area contributed by atoms with Crippen molar-refractivity contribution in [2.24, 2.45) is 0 Å². The fourth-order valence-electron chi connectivity index (χ4n) is 3.86. The normalized spacial score (nSPS) is 17.8. The van der Waals surface area contributed by atoms with Crippen molar-refractivity contribution in [2.75, 3.05) is 11.9 Å². The van der Waals surface area contributed by atoms with Crippen molar-refractivity contribution in [1.29, 1.82) is 0 Å².